The van der Waals surface area contributed by atoms with Crippen molar-refractivity contribution in [3.63, 3.8) is 0 Å². The Morgan fingerprint density at radius 1 is 1.38 bits per heavy atom. The molecule has 0 unspecified atom stereocenters. The summed E-state index contributed by atoms with van der Waals surface area (Å²) < 4.78 is 27.9. The van der Waals surface area contributed by atoms with Gasteiger partial charge in [-0.2, -0.15) is 0 Å². The van der Waals surface area contributed by atoms with Crippen molar-refractivity contribution in [2.45, 2.75) is 31.2 Å². The normalized spacial score (nSPS) is 12.8. The van der Waals surface area contributed by atoms with Gasteiger partial charge >= 0.3 is 0 Å². The number of rotatable bonds is 3. The van der Waals surface area contributed by atoms with Gasteiger partial charge in [-0.3, -0.25) is 4.79 Å². The summed E-state index contributed by atoms with van der Waals surface area (Å²) in [5, 5.41) is 0. The summed E-state index contributed by atoms with van der Waals surface area (Å²) >= 11 is 0. The molecule has 0 radical (unpaired) electrons. The largest absolute Gasteiger partial charge is 0.347 e. The molecule has 0 saturated heterocycles. The molecule has 1 aromatic rings. The maximum atomic E-state index is 12.0. The number of carbonyl (C=O) groups excluding carboxylic acids is 1. The summed E-state index contributed by atoms with van der Waals surface area (Å²) in [6.45, 7) is 5.23. The third-order valence-electron chi connectivity index (χ3n) is 1.92. The standard InChI is InChI=1S/C10H16N2O3S/c1-10(2,3)11-16(14,15)9-5-6-12(4)8(9)7-13/h5-7,11H,1-4H3. The molecule has 0 amide bonds. The molecule has 0 fully saturated rings. The van der Waals surface area contributed by atoms with Crippen LogP contribution in [0.15, 0.2) is 17.2 Å². The monoisotopic (exact) mass is 244 g/mol. The maximum absolute atomic E-state index is 12.0. The van der Waals surface area contributed by atoms with E-state index in [0.717, 1.165) is 0 Å². The molecule has 1 rings (SSSR count). The molecular weight excluding hydrogens is 228 g/mol. The van der Waals surface area contributed by atoms with E-state index in [0.29, 0.717) is 6.29 Å². The fraction of sp³-hybridized carbons (Fsp3) is 0.500. The van der Waals surface area contributed by atoms with Crippen molar-refractivity contribution in [2.75, 3.05) is 0 Å². The van der Waals surface area contributed by atoms with Crippen molar-refractivity contribution < 1.29 is 13.2 Å². The van der Waals surface area contributed by atoms with Crippen LogP contribution in [0.25, 0.3) is 0 Å². The number of nitrogens with zero attached hydrogens (tertiary/aromatic N) is 1. The molecule has 0 aromatic carbocycles. The third kappa shape index (κ3) is 2.70. The number of hydrogen-bond acceptors (Lipinski definition) is 3. The Balaban J connectivity index is 3.23. The van der Waals surface area contributed by atoms with Gasteiger partial charge in [0.1, 0.15) is 10.6 Å². The highest BCUT2D eigenvalue weighted by molar-refractivity contribution is 7.89. The Bertz CT molecular complexity index is 495. The minimum Gasteiger partial charge on any atom is -0.347 e. The summed E-state index contributed by atoms with van der Waals surface area (Å²) in [5.41, 5.74) is -0.425. The van der Waals surface area contributed by atoms with Crippen LogP contribution in [0.5, 0.6) is 0 Å². The second kappa shape index (κ2) is 4.03. The molecule has 0 bridgehead atoms. The smallest absolute Gasteiger partial charge is 0.243 e. The zero-order valence-corrected chi connectivity index (χ0v) is 10.6. The van der Waals surface area contributed by atoms with Gasteiger partial charge in [0.05, 0.1) is 0 Å². The van der Waals surface area contributed by atoms with E-state index in [1.165, 1.54) is 10.6 Å². The van der Waals surface area contributed by atoms with Gasteiger partial charge in [-0.15, -0.1) is 0 Å². The first-order chi connectivity index (χ1) is 7.17. The van der Waals surface area contributed by atoms with E-state index in [2.05, 4.69) is 4.72 Å². The molecule has 0 spiro atoms. The topological polar surface area (TPSA) is 68.2 Å². The molecule has 0 saturated carbocycles. The number of hydrogen-bond donors (Lipinski definition) is 1. The van der Waals surface area contributed by atoms with E-state index in [9.17, 15) is 13.2 Å². The van der Waals surface area contributed by atoms with Gasteiger partial charge in [0, 0.05) is 18.8 Å². The average molecular weight is 244 g/mol. The lowest BCUT2D eigenvalue weighted by atomic mass is 10.1. The first-order valence-corrected chi connectivity index (χ1v) is 6.30. The molecule has 6 heteroatoms. The summed E-state index contributed by atoms with van der Waals surface area (Å²) in [5.74, 6) is 0. The van der Waals surface area contributed by atoms with E-state index in [1.807, 2.05) is 0 Å². The first-order valence-electron chi connectivity index (χ1n) is 4.82. The van der Waals surface area contributed by atoms with Gasteiger partial charge in [0.2, 0.25) is 10.0 Å². The summed E-state index contributed by atoms with van der Waals surface area (Å²) in [6, 6.07) is 1.41. The molecule has 1 aromatic heterocycles. The predicted octanol–water partition coefficient (Wildman–Crippen LogP) is 0.914. The van der Waals surface area contributed by atoms with Gasteiger partial charge < -0.3 is 4.57 Å². The second-order valence-electron chi connectivity index (χ2n) is 4.65. The van der Waals surface area contributed by atoms with Gasteiger partial charge in [0.15, 0.2) is 6.29 Å². The Kier molecular flexibility index (Phi) is 3.25. The highest BCUT2D eigenvalue weighted by Crippen LogP contribution is 2.16. The molecule has 0 aliphatic heterocycles. The zero-order chi connectivity index (χ0) is 12.6. The number of carbonyl (C=O) groups is 1. The second-order valence-corrected chi connectivity index (χ2v) is 6.30. The van der Waals surface area contributed by atoms with Gasteiger partial charge in [0.25, 0.3) is 0 Å². The maximum Gasteiger partial charge on any atom is 0.243 e. The van der Waals surface area contributed by atoms with Crippen molar-refractivity contribution in [3.8, 4) is 0 Å². The van der Waals surface area contributed by atoms with Crippen molar-refractivity contribution in [2.24, 2.45) is 7.05 Å². The number of aromatic nitrogens is 1. The number of aldehydes is 1. The number of nitrogens with one attached hydrogen (secondary N) is 1. The fourth-order valence-electron chi connectivity index (χ4n) is 1.35. The molecular formula is C10H16N2O3S. The van der Waals surface area contributed by atoms with Crippen LogP contribution in [0.4, 0.5) is 0 Å². The summed E-state index contributed by atoms with van der Waals surface area (Å²) in [6.07, 6.45) is 2.08. The first kappa shape index (κ1) is 12.9. The van der Waals surface area contributed by atoms with Crippen molar-refractivity contribution in [3.05, 3.63) is 18.0 Å². The van der Waals surface area contributed by atoms with Crippen LogP contribution in [-0.4, -0.2) is 24.8 Å². The van der Waals surface area contributed by atoms with Crippen LogP contribution in [-0.2, 0) is 17.1 Å². The minimum atomic E-state index is -3.64. The Labute approximate surface area is 95.5 Å². The SMILES string of the molecule is Cn1ccc(S(=O)(=O)NC(C)(C)C)c1C=O. The van der Waals surface area contributed by atoms with E-state index >= 15 is 0 Å². The highest BCUT2D eigenvalue weighted by atomic mass is 32.2. The van der Waals surface area contributed by atoms with Gasteiger partial charge in [-0.1, -0.05) is 0 Å². The van der Waals surface area contributed by atoms with E-state index < -0.39 is 15.6 Å². The van der Waals surface area contributed by atoms with Crippen LogP contribution in [0.3, 0.4) is 0 Å². The van der Waals surface area contributed by atoms with Crippen molar-refractivity contribution in [1.29, 1.82) is 0 Å². The lowest BCUT2D eigenvalue weighted by molar-refractivity contribution is 0.111. The molecule has 0 aliphatic carbocycles. The Hall–Kier alpha value is -1.14. The van der Waals surface area contributed by atoms with Gasteiger partial charge in [-0.05, 0) is 26.8 Å². The minimum absolute atomic E-state index is 0.0138. The van der Waals surface area contributed by atoms with Crippen molar-refractivity contribution >= 4 is 16.3 Å². The summed E-state index contributed by atoms with van der Waals surface area (Å²) in [7, 11) is -2.02. The molecule has 0 atom stereocenters. The van der Waals surface area contributed by atoms with Crippen LogP contribution < -0.4 is 4.72 Å². The highest BCUT2D eigenvalue weighted by Gasteiger charge is 2.25. The zero-order valence-electron chi connectivity index (χ0n) is 9.81. The van der Waals surface area contributed by atoms with Crippen LogP contribution in [0.1, 0.15) is 31.3 Å². The average Bonchev–Trinajstić information content (AvgIpc) is 2.42. The van der Waals surface area contributed by atoms with Crippen LogP contribution in [0, 0.1) is 0 Å². The Morgan fingerprint density at radius 2 is 1.94 bits per heavy atom. The lowest BCUT2D eigenvalue weighted by Gasteiger charge is -2.20. The molecule has 90 valence electrons. The van der Waals surface area contributed by atoms with E-state index in [-0.39, 0.29) is 10.6 Å². The number of sulfonamides is 1. The molecule has 5 nitrogen and oxygen atoms in total. The predicted molar refractivity (Wildman–Crippen MR) is 60.9 cm³/mol. The van der Waals surface area contributed by atoms with Crippen LogP contribution in [0.2, 0.25) is 0 Å². The number of aryl methyl sites for hydroxylation is 1. The van der Waals surface area contributed by atoms with Crippen LogP contribution >= 0.6 is 0 Å². The molecule has 0 aliphatic rings. The van der Waals surface area contributed by atoms with E-state index in [4.69, 9.17) is 0 Å². The lowest BCUT2D eigenvalue weighted by Crippen LogP contribution is -2.40. The molecule has 16 heavy (non-hydrogen) atoms. The van der Waals surface area contributed by atoms with E-state index in [1.54, 1.807) is 34.0 Å². The fourth-order valence-corrected chi connectivity index (χ4v) is 2.97. The molecule has 1 N–H and O–H groups in total. The summed E-state index contributed by atoms with van der Waals surface area (Å²) in [4.78, 5) is 10.8. The quantitative estimate of drug-likeness (QED) is 0.804. The van der Waals surface area contributed by atoms with Crippen molar-refractivity contribution in [1.82, 2.24) is 9.29 Å². The molecule has 1 heterocycles. The third-order valence-corrected chi connectivity index (χ3v) is 3.73. The van der Waals surface area contributed by atoms with Gasteiger partial charge in [-0.25, -0.2) is 13.1 Å². The Morgan fingerprint density at radius 3 is 2.38 bits per heavy atom.